The van der Waals surface area contributed by atoms with Gasteiger partial charge in [0.1, 0.15) is 0 Å². The van der Waals surface area contributed by atoms with Crippen molar-refractivity contribution in [1.82, 2.24) is 0 Å². The van der Waals surface area contributed by atoms with Crippen molar-refractivity contribution in [2.75, 3.05) is 0 Å². The first-order valence-electron chi connectivity index (χ1n) is 5.18. The number of aryl methyl sites for hydroxylation is 1. The summed E-state index contributed by atoms with van der Waals surface area (Å²) in [4.78, 5) is 0. The van der Waals surface area contributed by atoms with Crippen LogP contribution in [0.3, 0.4) is 0 Å². The normalized spacial score (nSPS) is 15.2. The average molecular weight is 195 g/mol. The molecule has 1 nitrogen and oxygen atoms in total. The molecule has 74 valence electrons. The number of rotatable bonds is 1. The van der Waals surface area contributed by atoms with Crippen LogP contribution in [0, 0.1) is 18.3 Å². The zero-order valence-electron chi connectivity index (χ0n) is 8.83. The standard InChI is InChI=1S/C14H13N/c1-11-6-8-12(9-7-11)14-5-3-2-4-13(14)10-15/h2,4,6-9H,3,5H2,1H3. The Hall–Kier alpha value is -1.81. The molecule has 15 heavy (non-hydrogen) atoms. The molecule has 1 aliphatic carbocycles. The second-order valence-electron chi connectivity index (χ2n) is 3.81. The van der Waals surface area contributed by atoms with E-state index in [-0.39, 0.29) is 0 Å². The lowest BCUT2D eigenvalue weighted by atomic mass is 9.92. The first kappa shape index (κ1) is 9.73. The van der Waals surface area contributed by atoms with Crippen LogP contribution >= 0.6 is 0 Å². The molecule has 2 rings (SSSR count). The summed E-state index contributed by atoms with van der Waals surface area (Å²) < 4.78 is 0. The molecular weight excluding hydrogens is 182 g/mol. The Bertz CT molecular complexity index is 455. The van der Waals surface area contributed by atoms with E-state index in [1.165, 1.54) is 16.7 Å². The SMILES string of the molecule is Cc1ccc(C2=C(C#N)C=CCC2)cc1. The first-order valence-corrected chi connectivity index (χ1v) is 5.18. The molecule has 0 amide bonds. The molecule has 0 saturated heterocycles. The molecule has 0 heterocycles. The van der Waals surface area contributed by atoms with E-state index in [0.29, 0.717) is 0 Å². The van der Waals surface area contributed by atoms with Gasteiger partial charge in [0, 0.05) is 0 Å². The highest BCUT2D eigenvalue weighted by molar-refractivity contribution is 5.75. The lowest BCUT2D eigenvalue weighted by molar-refractivity contribution is 1.04. The van der Waals surface area contributed by atoms with Crippen LogP contribution in [0.5, 0.6) is 0 Å². The minimum Gasteiger partial charge on any atom is -0.192 e. The van der Waals surface area contributed by atoms with Gasteiger partial charge in [-0.2, -0.15) is 5.26 Å². The van der Waals surface area contributed by atoms with Crippen molar-refractivity contribution in [3.8, 4) is 6.07 Å². The van der Waals surface area contributed by atoms with E-state index in [1.807, 2.05) is 6.08 Å². The van der Waals surface area contributed by atoms with Gasteiger partial charge < -0.3 is 0 Å². The smallest absolute Gasteiger partial charge is 0.0994 e. The Balaban J connectivity index is 2.46. The summed E-state index contributed by atoms with van der Waals surface area (Å²) in [6, 6.07) is 10.6. The molecule has 0 N–H and O–H groups in total. The third kappa shape index (κ3) is 1.99. The van der Waals surface area contributed by atoms with Gasteiger partial charge in [-0.1, -0.05) is 35.9 Å². The van der Waals surface area contributed by atoms with Gasteiger partial charge in [-0.05, 0) is 37.0 Å². The minimum atomic E-state index is 0.810. The summed E-state index contributed by atoms with van der Waals surface area (Å²) in [6.45, 7) is 2.07. The maximum Gasteiger partial charge on any atom is 0.0994 e. The van der Waals surface area contributed by atoms with Gasteiger partial charge in [-0.3, -0.25) is 0 Å². The summed E-state index contributed by atoms with van der Waals surface area (Å²) in [7, 11) is 0. The summed E-state index contributed by atoms with van der Waals surface area (Å²) >= 11 is 0. The van der Waals surface area contributed by atoms with E-state index in [9.17, 15) is 0 Å². The second kappa shape index (κ2) is 4.14. The Morgan fingerprint density at radius 1 is 1.20 bits per heavy atom. The van der Waals surface area contributed by atoms with Gasteiger partial charge in [-0.25, -0.2) is 0 Å². The maximum atomic E-state index is 9.02. The molecule has 0 spiro atoms. The fourth-order valence-electron chi connectivity index (χ4n) is 1.82. The van der Waals surface area contributed by atoms with Crippen LogP contribution in [-0.4, -0.2) is 0 Å². The van der Waals surface area contributed by atoms with E-state index < -0.39 is 0 Å². The van der Waals surface area contributed by atoms with Crippen molar-refractivity contribution < 1.29 is 0 Å². The molecule has 1 aromatic carbocycles. The predicted molar refractivity (Wildman–Crippen MR) is 62.1 cm³/mol. The molecule has 0 aromatic heterocycles. The van der Waals surface area contributed by atoms with E-state index in [4.69, 9.17) is 5.26 Å². The molecule has 0 atom stereocenters. The van der Waals surface area contributed by atoms with Gasteiger partial charge in [0.05, 0.1) is 11.6 Å². The monoisotopic (exact) mass is 195 g/mol. The van der Waals surface area contributed by atoms with Gasteiger partial charge >= 0.3 is 0 Å². The summed E-state index contributed by atoms with van der Waals surface area (Å²) in [5.41, 5.74) is 4.43. The molecule has 0 saturated carbocycles. The maximum absolute atomic E-state index is 9.02. The van der Waals surface area contributed by atoms with Crippen LogP contribution in [0.4, 0.5) is 0 Å². The Morgan fingerprint density at radius 3 is 2.60 bits per heavy atom. The average Bonchev–Trinajstić information content (AvgIpc) is 2.30. The number of allylic oxidation sites excluding steroid dienone is 4. The third-order valence-corrected chi connectivity index (χ3v) is 2.69. The van der Waals surface area contributed by atoms with Crippen molar-refractivity contribution in [3.63, 3.8) is 0 Å². The molecule has 0 bridgehead atoms. The van der Waals surface area contributed by atoms with Crippen LogP contribution < -0.4 is 0 Å². The Morgan fingerprint density at radius 2 is 1.93 bits per heavy atom. The third-order valence-electron chi connectivity index (χ3n) is 2.69. The highest BCUT2D eigenvalue weighted by Gasteiger charge is 2.09. The van der Waals surface area contributed by atoms with Gasteiger partial charge in [-0.15, -0.1) is 0 Å². The van der Waals surface area contributed by atoms with Crippen LogP contribution in [0.2, 0.25) is 0 Å². The predicted octanol–water partition coefficient (Wildman–Crippen LogP) is 3.62. The quantitative estimate of drug-likeness (QED) is 0.671. The number of nitrogens with zero attached hydrogens (tertiary/aromatic N) is 1. The van der Waals surface area contributed by atoms with Crippen LogP contribution in [-0.2, 0) is 0 Å². The number of nitriles is 1. The topological polar surface area (TPSA) is 23.8 Å². The highest BCUT2D eigenvalue weighted by atomic mass is 14.3. The summed E-state index contributed by atoms with van der Waals surface area (Å²) in [5, 5.41) is 9.02. The van der Waals surface area contributed by atoms with Crippen molar-refractivity contribution in [2.24, 2.45) is 0 Å². The van der Waals surface area contributed by atoms with Crippen molar-refractivity contribution >= 4 is 5.57 Å². The van der Waals surface area contributed by atoms with Crippen molar-refractivity contribution in [3.05, 3.63) is 53.1 Å². The van der Waals surface area contributed by atoms with E-state index in [1.54, 1.807) is 0 Å². The molecule has 1 heteroatoms. The van der Waals surface area contributed by atoms with E-state index in [0.717, 1.165) is 18.4 Å². The van der Waals surface area contributed by atoms with E-state index >= 15 is 0 Å². The van der Waals surface area contributed by atoms with Gasteiger partial charge in [0.25, 0.3) is 0 Å². The number of benzene rings is 1. The van der Waals surface area contributed by atoms with Crippen molar-refractivity contribution in [1.29, 1.82) is 5.26 Å². The van der Waals surface area contributed by atoms with Gasteiger partial charge in [0.15, 0.2) is 0 Å². The number of hydrogen-bond acceptors (Lipinski definition) is 1. The zero-order valence-corrected chi connectivity index (χ0v) is 8.83. The molecule has 0 radical (unpaired) electrons. The Labute approximate surface area is 90.4 Å². The second-order valence-corrected chi connectivity index (χ2v) is 3.81. The first-order chi connectivity index (χ1) is 7.31. The zero-order chi connectivity index (χ0) is 10.7. The van der Waals surface area contributed by atoms with Crippen LogP contribution in [0.25, 0.3) is 5.57 Å². The summed E-state index contributed by atoms with van der Waals surface area (Å²) in [5.74, 6) is 0. The lowest BCUT2D eigenvalue weighted by Crippen LogP contribution is -1.93. The van der Waals surface area contributed by atoms with E-state index in [2.05, 4.69) is 43.3 Å². The van der Waals surface area contributed by atoms with Crippen LogP contribution in [0.1, 0.15) is 24.0 Å². The van der Waals surface area contributed by atoms with Crippen molar-refractivity contribution in [2.45, 2.75) is 19.8 Å². The fourth-order valence-corrected chi connectivity index (χ4v) is 1.82. The van der Waals surface area contributed by atoms with Gasteiger partial charge in [0.2, 0.25) is 0 Å². The Kier molecular flexibility index (Phi) is 2.69. The number of hydrogen-bond donors (Lipinski definition) is 0. The minimum absolute atomic E-state index is 0.810. The molecule has 0 fully saturated rings. The molecular formula is C14H13N. The fraction of sp³-hybridized carbons (Fsp3) is 0.214. The summed E-state index contributed by atoms with van der Waals surface area (Å²) in [6.07, 6.45) is 6.01. The highest BCUT2D eigenvalue weighted by Crippen LogP contribution is 2.28. The molecule has 0 aliphatic heterocycles. The largest absolute Gasteiger partial charge is 0.192 e. The molecule has 1 aromatic rings. The lowest BCUT2D eigenvalue weighted by Gasteiger charge is -2.11. The molecule has 1 aliphatic rings. The van der Waals surface area contributed by atoms with Crippen LogP contribution in [0.15, 0.2) is 42.0 Å². The molecule has 0 unspecified atom stereocenters.